The lowest BCUT2D eigenvalue weighted by atomic mass is 9.92. The molecule has 0 saturated carbocycles. The molecule has 2 heterocycles. The topological polar surface area (TPSA) is 64.2 Å². The second-order valence-corrected chi connectivity index (χ2v) is 6.11. The van der Waals surface area contributed by atoms with Gasteiger partial charge < -0.3 is 10.6 Å². The van der Waals surface area contributed by atoms with Crippen molar-refractivity contribution in [3.8, 4) is 5.69 Å². The summed E-state index contributed by atoms with van der Waals surface area (Å²) in [4.78, 5) is 14.4. The summed E-state index contributed by atoms with van der Waals surface area (Å²) in [5.41, 5.74) is 6.63. The van der Waals surface area contributed by atoms with Gasteiger partial charge in [0.2, 0.25) is 0 Å². The van der Waals surface area contributed by atoms with E-state index in [4.69, 9.17) is 5.73 Å². The number of piperidine rings is 1. The Hall–Kier alpha value is -2.21. The van der Waals surface area contributed by atoms with Crippen LogP contribution in [-0.4, -0.2) is 39.7 Å². The number of carbonyl (C=O) groups is 1. The standard InChI is InChI=1S/C17H21FN4O/c1-12(19)13-5-4-9-21(11-13)17(23)15-8-10-22(20-15)16-7-3-2-6-14(16)18/h2-3,6-8,10,12-13H,4-5,9,11,19H2,1H3/t12-,13-/m1/s1. The predicted octanol–water partition coefficient (Wildman–Crippen LogP) is 2.21. The monoisotopic (exact) mass is 316 g/mol. The van der Waals surface area contributed by atoms with E-state index in [9.17, 15) is 9.18 Å². The highest BCUT2D eigenvalue weighted by Gasteiger charge is 2.27. The molecule has 1 aromatic heterocycles. The number of para-hydroxylation sites is 1. The Bertz CT molecular complexity index is 697. The van der Waals surface area contributed by atoms with Crippen molar-refractivity contribution >= 4 is 5.91 Å². The minimum absolute atomic E-state index is 0.0709. The van der Waals surface area contributed by atoms with E-state index in [1.165, 1.54) is 10.7 Å². The van der Waals surface area contributed by atoms with Gasteiger partial charge in [-0.2, -0.15) is 5.10 Å². The molecule has 3 rings (SSSR count). The average Bonchev–Trinajstić information content (AvgIpc) is 3.04. The highest BCUT2D eigenvalue weighted by Crippen LogP contribution is 2.20. The normalized spacial score (nSPS) is 19.6. The molecule has 1 saturated heterocycles. The number of nitrogens with two attached hydrogens (primary N) is 1. The lowest BCUT2D eigenvalue weighted by molar-refractivity contribution is 0.0654. The summed E-state index contributed by atoms with van der Waals surface area (Å²) in [7, 11) is 0. The Morgan fingerprint density at radius 2 is 2.17 bits per heavy atom. The van der Waals surface area contributed by atoms with Crippen LogP contribution < -0.4 is 5.73 Å². The van der Waals surface area contributed by atoms with Crippen molar-refractivity contribution in [1.82, 2.24) is 14.7 Å². The Morgan fingerprint density at radius 3 is 2.91 bits per heavy atom. The summed E-state index contributed by atoms with van der Waals surface area (Å²) in [5.74, 6) is -0.170. The fraction of sp³-hybridized carbons (Fsp3) is 0.412. The van der Waals surface area contributed by atoms with Crippen LogP contribution in [0.5, 0.6) is 0 Å². The van der Waals surface area contributed by atoms with E-state index in [0.717, 1.165) is 12.8 Å². The summed E-state index contributed by atoms with van der Waals surface area (Å²) in [6.07, 6.45) is 3.61. The fourth-order valence-corrected chi connectivity index (χ4v) is 3.00. The third-order valence-electron chi connectivity index (χ3n) is 4.40. The lowest BCUT2D eigenvalue weighted by Crippen LogP contribution is -2.45. The van der Waals surface area contributed by atoms with Gasteiger partial charge in [0, 0.05) is 25.3 Å². The van der Waals surface area contributed by atoms with Crippen LogP contribution in [0.15, 0.2) is 36.5 Å². The number of rotatable bonds is 3. The van der Waals surface area contributed by atoms with Crippen LogP contribution in [0, 0.1) is 11.7 Å². The molecule has 1 fully saturated rings. The van der Waals surface area contributed by atoms with Crippen molar-refractivity contribution in [3.63, 3.8) is 0 Å². The first-order valence-electron chi connectivity index (χ1n) is 7.91. The second-order valence-electron chi connectivity index (χ2n) is 6.11. The Kier molecular flexibility index (Phi) is 4.43. The van der Waals surface area contributed by atoms with Gasteiger partial charge in [-0.3, -0.25) is 4.79 Å². The molecule has 1 aliphatic rings. The van der Waals surface area contributed by atoms with E-state index >= 15 is 0 Å². The number of halogens is 1. The van der Waals surface area contributed by atoms with Crippen LogP contribution >= 0.6 is 0 Å². The molecule has 1 amide bonds. The minimum atomic E-state index is -0.371. The van der Waals surface area contributed by atoms with Gasteiger partial charge in [-0.05, 0) is 43.9 Å². The summed E-state index contributed by atoms with van der Waals surface area (Å²) in [6, 6.07) is 8.06. The largest absolute Gasteiger partial charge is 0.337 e. The zero-order valence-corrected chi connectivity index (χ0v) is 13.2. The van der Waals surface area contributed by atoms with Gasteiger partial charge in [0.25, 0.3) is 5.91 Å². The second kappa shape index (κ2) is 6.50. The summed E-state index contributed by atoms with van der Waals surface area (Å²) >= 11 is 0. The summed E-state index contributed by atoms with van der Waals surface area (Å²) in [5, 5.41) is 4.24. The maximum atomic E-state index is 13.8. The number of likely N-dealkylation sites (tertiary alicyclic amines) is 1. The number of hydrogen-bond donors (Lipinski definition) is 1. The number of benzene rings is 1. The van der Waals surface area contributed by atoms with E-state index < -0.39 is 0 Å². The fourth-order valence-electron chi connectivity index (χ4n) is 3.00. The highest BCUT2D eigenvalue weighted by atomic mass is 19.1. The number of amides is 1. The first kappa shape index (κ1) is 15.7. The molecule has 0 aliphatic carbocycles. The number of nitrogens with zero attached hydrogens (tertiary/aromatic N) is 3. The van der Waals surface area contributed by atoms with Crippen LogP contribution in [0.2, 0.25) is 0 Å². The third kappa shape index (κ3) is 3.27. The Morgan fingerprint density at radius 1 is 1.39 bits per heavy atom. The van der Waals surface area contributed by atoms with Crippen molar-refractivity contribution in [2.24, 2.45) is 11.7 Å². The molecule has 0 spiro atoms. The Labute approximate surface area is 134 Å². The molecule has 2 N–H and O–H groups in total. The molecule has 122 valence electrons. The number of carbonyl (C=O) groups excluding carboxylic acids is 1. The van der Waals surface area contributed by atoms with E-state index in [0.29, 0.717) is 30.4 Å². The van der Waals surface area contributed by atoms with E-state index in [-0.39, 0.29) is 17.8 Å². The van der Waals surface area contributed by atoms with Crippen molar-refractivity contribution in [1.29, 1.82) is 0 Å². The smallest absolute Gasteiger partial charge is 0.274 e. The van der Waals surface area contributed by atoms with E-state index in [2.05, 4.69) is 5.10 Å². The minimum Gasteiger partial charge on any atom is -0.337 e. The first-order chi connectivity index (χ1) is 11.1. The number of aromatic nitrogens is 2. The van der Waals surface area contributed by atoms with E-state index in [1.54, 1.807) is 35.4 Å². The van der Waals surface area contributed by atoms with Gasteiger partial charge in [0.15, 0.2) is 5.69 Å². The molecule has 2 aromatic rings. The molecule has 1 aliphatic heterocycles. The Balaban J connectivity index is 1.78. The van der Waals surface area contributed by atoms with Crippen LogP contribution in [-0.2, 0) is 0 Å². The molecule has 23 heavy (non-hydrogen) atoms. The van der Waals surface area contributed by atoms with Crippen molar-refractivity contribution in [2.75, 3.05) is 13.1 Å². The molecule has 0 radical (unpaired) electrons. The molecule has 6 heteroatoms. The molecular weight excluding hydrogens is 295 g/mol. The molecule has 0 bridgehead atoms. The van der Waals surface area contributed by atoms with Gasteiger partial charge >= 0.3 is 0 Å². The lowest BCUT2D eigenvalue weighted by Gasteiger charge is -2.34. The van der Waals surface area contributed by atoms with E-state index in [1.807, 2.05) is 6.92 Å². The van der Waals surface area contributed by atoms with Gasteiger partial charge in [0.1, 0.15) is 11.5 Å². The quantitative estimate of drug-likeness (QED) is 0.944. The average molecular weight is 316 g/mol. The van der Waals surface area contributed by atoms with Gasteiger partial charge in [-0.25, -0.2) is 9.07 Å². The summed E-state index contributed by atoms with van der Waals surface area (Å²) in [6.45, 7) is 3.35. The molecule has 5 nitrogen and oxygen atoms in total. The molecule has 0 unspecified atom stereocenters. The maximum Gasteiger partial charge on any atom is 0.274 e. The zero-order valence-electron chi connectivity index (χ0n) is 13.2. The van der Waals surface area contributed by atoms with Crippen LogP contribution in [0.4, 0.5) is 4.39 Å². The third-order valence-corrected chi connectivity index (χ3v) is 4.40. The number of hydrogen-bond acceptors (Lipinski definition) is 3. The van der Waals surface area contributed by atoms with Crippen molar-refractivity contribution < 1.29 is 9.18 Å². The molecular formula is C17H21FN4O. The van der Waals surface area contributed by atoms with Gasteiger partial charge in [0.05, 0.1) is 0 Å². The summed E-state index contributed by atoms with van der Waals surface area (Å²) < 4.78 is 15.2. The van der Waals surface area contributed by atoms with Gasteiger partial charge in [-0.1, -0.05) is 12.1 Å². The highest BCUT2D eigenvalue weighted by molar-refractivity contribution is 5.92. The first-order valence-corrected chi connectivity index (χ1v) is 7.91. The zero-order chi connectivity index (χ0) is 16.4. The SMILES string of the molecule is C[C@@H](N)[C@@H]1CCCN(C(=O)c2ccn(-c3ccccc3F)n2)C1. The molecule has 1 aromatic carbocycles. The predicted molar refractivity (Wildman–Crippen MR) is 85.8 cm³/mol. The van der Waals surface area contributed by atoms with Gasteiger partial charge in [-0.15, -0.1) is 0 Å². The van der Waals surface area contributed by atoms with Crippen LogP contribution in [0.25, 0.3) is 5.69 Å². The van der Waals surface area contributed by atoms with Crippen molar-refractivity contribution in [2.45, 2.75) is 25.8 Å². The van der Waals surface area contributed by atoms with Crippen molar-refractivity contribution in [3.05, 3.63) is 48.0 Å². The maximum absolute atomic E-state index is 13.8. The van der Waals surface area contributed by atoms with Crippen LogP contribution in [0.3, 0.4) is 0 Å². The van der Waals surface area contributed by atoms with Crippen LogP contribution in [0.1, 0.15) is 30.3 Å². The molecule has 2 atom stereocenters.